The molecule has 1 aliphatic carbocycles. The normalized spacial score (nSPS) is 16.7. The molecule has 1 aliphatic heterocycles. The van der Waals surface area contributed by atoms with Gasteiger partial charge in [0.25, 0.3) is 0 Å². The highest BCUT2D eigenvalue weighted by molar-refractivity contribution is 7.45. The van der Waals surface area contributed by atoms with Crippen LogP contribution in [0.3, 0.4) is 0 Å². The summed E-state index contributed by atoms with van der Waals surface area (Å²) in [6.07, 6.45) is 9.10. The van der Waals surface area contributed by atoms with Gasteiger partial charge >= 0.3 is 15.6 Å². The number of aryl methyl sites for hydroxylation is 1. The van der Waals surface area contributed by atoms with E-state index in [1.165, 1.54) is 49.9 Å². The Kier molecular flexibility index (Phi) is 9.49. The van der Waals surface area contributed by atoms with Gasteiger partial charge in [-0.25, -0.2) is 9.13 Å². The van der Waals surface area contributed by atoms with Crippen LogP contribution in [-0.2, 0) is 22.0 Å². The van der Waals surface area contributed by atoms with Crippen molar-refractivity contribution in [3.05, 3.63) is 17.5 Å². The Morgan fingerprint density at radius 3 is 2.03 bits per heavy atom. The summed E-state index contributed by atoms with van der Waals surface area (Å²) < 4.78 is 19.6. The SMILES string of the molecule is O=P(O)(O)O.O=P(O)(O)O.c1nnc2c3c(c(NCCN4CCCC4)nn12)CCCC3. The molecule has 16 heteroatoms. The van der Waals surface area contributed by atoms with E-state index in [0.717, 1.165) is 37.4 Å². The molecular weight excluding hydrogens is 454 g/mol. The van der Waals surface area contributed by atoms with Gasteiger partial charge in [-0.1, -0.05) is 0 Å². The first-order valence-corrected chi connectivity index (χ1v) is 12.8. The topological polar surface area (TPSA) is 214 Å². The molecule has 1 fully saturated rings. The number of hydrogen-bond donors (Lipinski definition) is 7. The second-order valence-electron chi connectivity index (χ2n) is 7.11. The Morgan fingerprint density at radius 2 is 1.45 bits per heavy atom. The molecule has 0 saturated carbocycles. The lowest BCUT2D eigenvalue weighted by Crippen LogP contribution is -2.27. The Hall–Kier alpha value is -1.47. The van der Waals surface area contributed by atoms with Crippen molar-refractivity contribution in [2.45, 2.75) is 38.5 Å². The van der Waals surface area contributed by atoms with E-state index in [4.69, 9.17) is 38.5 Å². The summed E-state index contributed by atoms with van der Waals surface area (Å²) >= 11 is 0. The lowest BCUT2D eigenvalue weighted by Gasteiger charge is -2.21. The molecule has 0 aromatic carbocycles. The third-order valence-electron chi connectivity index (χ3n) is 4.68. The van der Waals surface area contributed by atoms with Crippen molar-refractivity contribution >= 4 is 27.1 Å². The van der Waals surface area contributed by atoms with Crippen LogP contribution in [0.4, 0.5) is 5.82 Å². The highest BCUT2D eigenvalue weighted by Crippen LogP contribution is 2.29. The van der Waals surface area contributed by atoms with Gasteiger partial charge in [0.05, 0.1) is 0 Å². The minimum absolute atomic E-state index is 0.940. The van der Waals surface area contributed by atoms with Crippen LogP contribution in [0.25, 0.3) is 5.65 Å². The zero-order chi connectivity index (χ0) is 23.1. The Balaban J connectivity index is 0.000000289. The van der Waals surface area contributed by atoms with Crippen LogP contribution < -0.4 is 5.32 Å². The fourth-order valence-corrected chi connectivity index (χ4v) is 3.56. The third-order valence-corrected chi connectivity index (χ3v) is 4.68. The average Bonchev–Trinajstić information content (AvgIpc) is 3.30. The van der Waals surface area contributed by atoms with Crippen LogP contribution in [0.15, 0.2) is 6.33 Å². The summed E-state index contributed by atoms with van der Waals surface area (Å²) in [6, 6.07) is 0. The van der Waals surface area contributed by atoms with Crippen LogP contribution in [0.1, 0.15) is 36.8 Å². The second kappa shape index (κ2) is 11.4. The molecule has 14 nitrogen and oxygen atoms in total. The van der Waals surface area contributed by atoms with E-state index < -0.39 is 15.6 Å². The molecule has 0 bridgehead atoms. The summed E-state index contributed by atoms with van der Waals surface area (Å²) in [5.41, 5.74) is 3.65. The van der Waals surface area contributed by atoms with Crippen LogP contribution in [0.5, 0.6) is 0 Å². The number of likely N-dealkylation sites (tertiary alicyclic amines) is 1. The lowest BCUT2D eigenvalue weighted by atomic mass is 9.93. The molecule has 4 rings (SSSR count). The minimum atomic E-state index is -4.64. The molecule has 0 unspecified atom stereocenters. The maximum absolute atomic E-state index is 8.88. The van der Waals surface area contributed by atoms with E-state index in [0.29, 0.717) is 0 Å². The summed E-state index contributed by atoms with van der Waals surface area (Å²) in [4.78, 5) is 45.6. The second-order valence-corrected chi connectivity index (χ2v) is 9.17. The predicted molar refractivity (Wildman–Crippen MR) is 110 cm³/mol. The number of rotatable bonds is 4. The molecule has 2 aromatic heterocycles. The van der Waals surface area contributed by atoms with Gasteiger partial charge in [0.15, 0.2) is 11.5 Å². The van der Waals surface area contributed by atoms with Crippen molar-refractivity contribution in [3.8, 4) is 0 Å². The van der Waals surface area contributed by atoms with E-state index in [1.807, 2.05) is 4.52 Å². The maximum Gasteiger partial charge on any atom is 0.466 e. The summed E-state index contributed by atoms with van der Waals surface area (Å²) in [6.45, 7) is 4.57. The van der Waals surface area contributed by atoms with Gasteiger partial charge < -0.3 is 39.6 Å². The smallest absolute Gasteiger partial charge is 0.367 e. The van der Waals surface area contributed by atoms with Crippen molar-refractivity contribution < 1.29 is 38.5 Å². The van der Waals surface area contributed by atoms with Crippen molar-refractivity contribution in [1.82, 2.24) is 24.7 Å². The number of fused-ring (bicyclic) bond motifs is 3. The van der Waals surface area contributed by atoms with E-state index >= 15 is 0 Å². The number of hydrogen-bond acceptors (Lipinski definition) is 7. The van der Waals surface area contributed by atoms with Gasteiger partial charge in [0.2, 0.25) is 0 Å². The minimum Gasteiger partial charge on any atom is -0.367 e. The molecule has 2 aromatic rings. The zero-order valence-electron chi connectivity index (χ0n) is 16.8. The molecule has 0 radical (unpaired) electrons. The molecule has 3 heterocycles. The molecule has 7 N–H and O–H groups in total. The number of nitrogens with zero attached hydrogens (tertiary/aromatic N) is 5. The molecule has 1 saturated heterocycles. The fourth-order valence-electron chi connectivity index (χ4n) is 3.56. The standard InChI is InChI=1S/C15H22N6.2H3O4P/c1-2-6-13-12(5-1)14(19-21-11-17-18-15(13)21)16-7-10-20-8-3-4-9-20;2*1-5(2,3)4/h11H,1-10H2,(H,16,19);2*(H3,1,2,3,4). The molecule has 31 heavy (non-hydrogen) atoms. The largest absolute Gasteiger partial charge is 0.466 e. The Morgan fingerprint density at radius 1 is 0.903 bits per heavy atom. The highest BCUT2D eigenvalue weighted by Gasteiger charge is 2.20. The third kappa shape index (κ3) is 10.1. The van der Waals surface area contributed by atoms with E-state index in [2.05, 4.69) is 25.5 Å². The highest BCUT2D eigenvalue weighted by atomic mass is 31.2. The predicted octanol–water partition coefficient (Wildman–Crippen LogP) is -0.346. The monoisotopic (exact) mass is 482 g/mol. The van der Waals surface area contributed by atoms with Crippen LogP contribution >= 0.6 is 15.6 Å². The summed E-state index contributed by atoms with van der Waals surface area (Å²) in [5.74, 6) is 1.04. The van der Waals surface area contributed by atoms with Crippen molar-refractivity contribution in [3.63, 3.8) is 0 Å². The number of phosphoric acid groups is 2. The molecular formula is C15H28N6O8P2. The first-order chi connectivity index (χ1) is 14.4. The van der Waals surface area contributed by atoms with Crippen LogP contribution in [0, 0.1) is 0 Å². The fraction of sp³-hybridized carbons (Fsp3) is 0.667. The van der Waals surface area contributed by atoms with Gasteiger partial charge in [0, 0.05) is 24.2 Å². The average molecular weight is 482 g/mol. The van der Waals surface area contributed by atoms with E-state index in [1.54, 1.807) is 6.33 Å². The summed E-state index contributed by atoms with van der Waals surface area (Å²) in [5, 5.41) is 16.5. The number of aromatic nitrogens is 4. The molecule has 2 aliphatic rings. The molecule has 0 amide bonds. The first kappa shape index (κ1) is 25.8. The van der Waals surface area contributed by atoms with E-state index in [9.17, 15) is 0 Å². The van der Waals surface area contributed by atoms with Gasteiger partial charge in [-0.15, -0.1) is 15.3 Å². The van der Waals surface area contributed by atoms with Crippen molar-refractivity contribution in [2.75, 3.05) is 31.5 Å². The molecule has 176 valence electrons. The Labute approximate surface area is 178 Å². The Bertz CT molecular complexity index is 902. The van der Waals surface area contributed by atoms with Crippen molar-refractivity contribution in [1.29, 1.82) is 0 Å². The van der Waals surface area contributed by atoms with Gasteiger partial charge in [0.1, 0.15) is 6.33 Å². The van der Waals surface area contributed by atoms with Gasteiger partial charge in [-0.05, 0) is 51.6 Å². The van der Waals surface area contributed by atoms with E-state index in [-0.39, 0.29) is 0 Å². The number of anilines is 1. The van der Waals surface area contributed by atoms with Crippen LogP contribution in [-0.4, -0.2) is 80.3 Å². The molecule has 0 atom stereocenters. The lowest BCUT2D eigenvalue weighted by molar-refractivity contribution is 0.272. The molecule has 0 spiro atoms. The first-order valence-electron chi connectivity index (χ1n) is 9.66. The maximum atomic E-state index is 8.88. The van der Waals surface area contributed by atoms with Gasteiger partial charge in [-0.2, -0.15) is 4.52 Å². The number of nitrogens with one attached hydrogen (secondary N) is 1. The zero-order valence-corrected chi connectivity index (χ0v) is 18.6. The quantitative estimate of drug-likeness (QED) is 0.278. The summed E-state index contributed by atoms with van der Waals surface area (Å²) in [7, 11) is -9.28. The van der Waals surface area contributed by atoms with Crippen molar-refractivity contribution in [2.24, 2.45) is 0 Å². The van der Waals surface area contributed by atoms with Gasteiger partial charge in [-0.3, -0.25) is 0 Å². The van der Waals surface area contributed by atoms with Crippen LogP contribution in [0.2, 0.25) is 0 Å².